The summed E-state index contributed by atoms with van der Waals surface area (Å²) in [6, 6.07) is 9.33. The summed E-state index contributed by atoms with van der Waals surface area (Å²) in [6.07, 6.45) is 0. The van der Waals surface area contributed by atoms with Crippen molar-refractivity contribution < 1.29 is 28.8 Å². The molecule has 0 spiro atoms. The lowest BCUT2D eigenvalue weighted by Gasteiger charge is -2.09. The molecule has 140 valence electrons. The quantitative estimate of drug-likeness (QED) is 0.424. The largest absolute Gasteiger partial charge is 0.477 e. The van der Waals surface area contributed by atoms with E-state index < -0.39 is 35.0 Å². The van der Waals surface area contributed by atoms with E-state index in [2.05, 4.69) is 10.1 Å². The van der Waals surface area contributed by atoms with Gasteiger partial charge in [-0.15, -0.1) is 0 Å². The number of carbonyl (C=O) groups is 3. The Bertz CT molecular complexity index is 894. The van der Waals surface area contributed by atoms with E-state index in [-0.39, 0.29) is 16.9 Å². The summed E-state index contributed by atoms with van der Waals surface area (Å²) < 4.78 is 9.69. The zero-order valence-electron chi connectivity index (χ0n) is 14.1. The molecule has 0 saturated heterocycles. The van der Waals surface area contributed by atoms with E-state index in [1.807, 2.05) is 0 Å². The third-order valence-corrected chi connectivity index (χ3v) is 3.39. The molecule has 0 radical (unpaired) electrons. The molecule has 0 aliphatic carbocycles. The number of esters is 1. The molecule has 0 heterocycles. The van der Waals surface area contributed by atoms with Crippen LogP contribution in [-0.2, 0) is 9.53 Å². The molecule has 2 aromatic carbocycles. The van der Waals surface area contributed by atoms with E-state index in [4.69, 9.17) is 10.5 Å². The van der Waals surface area contributed by atoms with Crippen molar-refractivity contribution in [3.63, 3.8) is 0 Å². The highest BCUT2D eigenvalue weighted by Crippen LogP contribution is 2.28. The number of amides is 2. The number of nitro benzene ring substituents is 1. The minimum Gasteiger partial charge on any atom is -0.477 e. The Morgan fingerprint density at radius 1 is 1.11 bits per heavy atom. The van der Waals surface area contributed by atoms with Crippen LogP contribution in [0.3, 0.4) is 0 Å². The third-order valence-electron chi connectivity index (χ3n) is 3.39. The van der Waals surface area contributed by atoms with Gasteiger partial charge in [-0.25, -0.2) is 4.79 Å². The van der Waals surface area contributed by atoms with E-state index in [9.17, 15) is 24.5 Å². The summed E-state index contributed by atoms with van der Waals surface area (Å²) in [7, 11) is 1.15. The van der Waals surface area contributed by atoms with Crippen molar-refractivity contribution in [1.82, 2.24) is 0 Å². The molecule has 0 saturated carbocycles. The highest BCUT2D eigenvalue weighted by atomic mass is 16.6. The number of hydrogen-bond donors (Lipinski definition) is 2. The van der Waals surface area contributed by atoms with E-state index in [0.717, 1.165) is 13.2 Å². The first-order valence-electron chi connectivity index (χ1n) is 7.51. The number of carbonyl (C=O) groups excluding carboxylic acids is 3. The summed E-state index contributed by atoms with van der Waals surface area (Å²) in [4.78, 5) is 44.8. The number of nitro groups is 1. The van der Waals surface area contributed by atoms with Gasteiger partial charge in [0, 0.05) is 17.3 Å². The first-order chi connectivity index (χ1) is 12.8. The Labute approximate surface area is 153 Å². The lowest BCUT2D eigenvalue weighted by atomic mass is 10.2. The van der Waals surface area contributed by atoms with Crippen LogP contribution in [0.2, 0.25) is 0 Å². The molecule has 3 N–H and O–H groups in total. The Balaban J connectivity index is 2.04. The van der Waals surface area contributed by atoms with Gasteiger partial charge < -0.3 is 20.5 Å². The second kappa shape index (κ2) is 8.43. The predicted molar refractivity (Wildman–Crippen MR) is 93.5 cm³/mol. The maximum absolute atomic E-state index is 11.9. The van der Waals surface area contributed by atoms with E-state index in [0.29, 0.717) is 5.69 Å². The molecule has 2 aromatic rings. The van der Waals surface area contributed by atoms with Gasteiger partial charge in [-0.2, -0.15) is 0 Å². The van der Waals surface area contributed by atoms with Gasteiger partial charge in [-0.05, 0) is 36.4 Å². The number of nitrogens with one attached hydrogen (secondary N) is 1. The molecule has 0 unspecified atom stereocenters. The van der Waals surface area contributed by atoms with Gasteiger partial charge in [0.25, 0.3) is 5.91 Å². The van der Waals surface area contributed by atoms with E-state index in [1.54, 1.807) is 0 Å². The van der Waals surface area contributed by atoms with Gasteiger partial charge in [0.2, 0.25) is 5.91 Å². The number of nitrogens with two attached hydrogens (primary N) is 1. The fourth-order valence-corrected chi connectivity index (χ4v) is 2.09. The molecule has 10 heteroatoms. The van der Waals surface area contributed by atoms with Crippen LogP contribution in [0.5, 0.6) is 5.75 Å². The lowest BCUT2D eigenvalue weighted by molar-refractivity contribution is -0.385. The van der Waals surface area contributed by atoms with Gasteiger partial charge in [0.05, 0.1) is 17.6 Å². The number of hydrogen-bond acceptors (Lipinski definition) is 7. The lowest BCUT2D eigenvalue weighted by Crippen LogP contribution is -2.20. The van der Waals surface area contributed by atoms with Crippen molar-refractivity contribution in [1.29, 1.82) is 0 Å². The maximum atomic E-state index is 11.9. The molecule has 10 nitrogen and oxygen atoms in total. The second-order valence-corrected chi connectivity index (χ2v) is 5.21. The van der Waals surface area contributed by atoms with Crippen LogP contribution in [0.1, 0.15) is 20.7 Å². The van der Waals surface area contributed by atoms with Gasteiger partial charge in [0.1, 0.15) is 0 Å². The second-order valence-electron chi connectivity index (χ2n) is 5.21. The Morgan fingerprint density at radius 3 is 2.30 bits per heavy atom. The monoisotopic (exact) mass is 373 g/mol. The number of benzene rings is 2. The average Bonchev–Trinajstić information content (AvgIpc) is 2.65. The smallest absolute Gasteiger partial charge is 0.338 e. The Kier molecular flexibility index (Phi) is 6.05. The van der Waals surface area contributed by atoms with Gasteiger partial charge in [-0.1, -0.05) is 0 Å². The summed E-state index contributed by atoms with van der Waals surface area (Å²) >= 11 is 0. The number of nitrogens with zero attached hydrogens (tertiary/aromatic N) is 1. The summed E-state index contributed by atoms with van der Waals surface area (Å²) in [5.41, 5.74) is 5.31. The molecule has 2 rings (SSSR count). The van der Waals surface area contributed by atoms with Crippen molar-refractivity contribution in [2.45, 2.75) is 0 Å². The topological polar surface area (TPSA) is 151 Å². The fraction of sp³-hybridized carbons (Fsp3) is 0.118. The molecule has 0 atom stereocenters. The van der Waals surface area contributed by atoms with Crippen LogP contribution in [0.15, 0.2) is 42.5 Å². The molecular formula is C17H15N3O7. The molecule has 0 fully saturated rings. The van der Waals surface area contributed by atoms with Crippen LogP contribution >= 0.6 is 0 Å². The normalized spacial score (nSPS) is 9.96. The van der Waals surface area contributed by atoms with Crippen LogP contribution < -0.4 is 15.8 Å². The van der Waals surface area contributed by atoms with Crippen molar-refractivity contribution in [3.8, 4) is 5.75 Å². The molecular weight excluding hydrogens is 358 g/mol. The standard InChI is InChI=1S/C17H15N3O7/c1-26-17(23)11-4-7-14(13(8-11)20(24)25)27-9-15(21)19-12-5-2-10(3-6-12)16(18)22/h2-8H,9H2,1H3,(H2,18,22)(H,19,21). The van der Waals surface area contributed by atoms with E-state index >= 15 is 0 Å². The highest BCUT2D eigenvalue weighted by molar-refractivity contribution is 5.95. The molecule has 0 aromatic heterocycles. The average molecular weight is 373 g/mol. The molecule has 0 bridgehead atoms. The molecule has 0 aliphatic heterocycles. The van der Waals surface area contributed by atoms with E-state index in [1.165, 1.54) is 36.4 Å². The van der Waals surface area contributed by atoms with Gasteiger partial charge in [-0.3, -0.25) is 19.7 Å². The van der Waals surface area contributed by atoms with Crippen LogP contribution in [0, 0.1) is 10.1 Å². The number of primary amides is 1. The first-order valence-corrected chi connectivity index (χ1v) is 7.51. The third kappa shape index (κ3) is 5.01. The Morgan fingerprint density at radius 2 is 1.74 bits per heavy atom. The van der Waals surface area contributed by atoms with Gasteiger partial charge >= 0.3 is 11.7 Å². The van der Waals surface area contributed by atoms with Crippen molar-refractivity contribution in [2.24, 2.45) is 5.73 Å². The summed E-state index contributed by atoms with van der Waals surface area (Å²) in [6.45, 7) is -0.504. The SMILES string of the molecule is COC(=O)c1ccc(OCC(=O)Nc2ccc(C(N)=O)cc2)c([N+](=O)[O-])c1. The minimum absolute atomic E-state index is 0.0180. The zero-order valence-corrected chi connectivity index (χ0v) is 14.1. The zero-order chi connectivity index (χ0) is 20.0. The van der Waals surface area contributed by atoms with Crippen LogP contribution in [0.4, 0.5) is 11.4 Å². The number of anilines is 1. The predicted octanol–water partition coefficient (Wildman–Crippen LogP) is 1.50. The first kappa shape index (κ1) is 19.4. The maximum Gasteiger partial charge on any atom is 0.338 e. The van der Waals surface area contributed by atoms with Crippen molar-refractivity contribution in [3.05, 3.63) is 63.7 Å². The molecule has 2 amide bonds. The van der Waals surface area contributed by atoms with Crippen LogP contribution in [-0.4, -0.2) is 36.4 Å². The van der Waals surface area contributed by atoms with Crippen molar-refractivity contribution >= 4 is 29.2 Å². The molecule has 0 aliphatic rings. The van der Waals surface area contributed by atoms with Crippen LogP contribution in [0.25, 0.3) is 0 Å². The minimum atomic E-state index is -0.734. The fourth-order valence-electron chi connectivity index (χ4n) is 2.09. The van der Waals surface area contributed by atoms with Gasteiger partial charge in [0.15, 0.2) is 12.4 Å². The summed E-state index contributed by atoms with van der Waals surface area (Å²) in [5.74, 6) is -2.08. The highest BCUT2D eigenvalue weighted by Gasteiger charge is 2.20. The number of ether oxygens (including phenoxy) is 2. The number of methoxy groups -OCH3 is 1. The summed E-state index contributed by atoms with van der Waals surface area (Å²) in [5, 5.41) is 13.6. The Hall–Kier alpha value is -3.95. The molecule has 27 heavy (non-hydrogen) atoms. The number of rotatable bonds is 7. The van der Waals surface area contributed by atoms with Crippen molar-refractivity contribution in [2.75, 3.05) is 19.0 Å².